The fraction of sp³-hybridized carbons (Fsp3) is 0.318. The average Bonchev–Trinajstić information content (AvgIpc) is 2.71. The lowest BCUT2D eigenvalue weighted by atomic mass is 10.0. The van der Waals surface area contributed by atoms with E-state index >= 15 is 0 Å². The molecule has 0 saturated heterocycles. The van der Waals surface area contributed by atoms with Gasteiger partial charge >= 0.3 is 12.1 Å². The first-order valence-electron chi connectivity index (χ1n) is 9.69. The molecule has 0 heterocycles. The van der Waals surface area contributed by atoms with Crippen molar-refractivity contribution in [3.63, 3.8) is 0 Å². The molecule has 9 heteroatoms. The minimum atomic E-state index is -4.55. The number of benzene rings is 2. The molecule has 0 aliphatic heterocycles. The van der Waals surface area contributed by atoms with Gasteiger partial charge in [0, 0.05) is 6.42 Å². The summed E-state index contributed by atoms with van der Waals surface area (Å²) in [7, 11) is 0. The van der Waals surface area contributed by atoms with Crippen molar-refractivity contribution in [2.75, 3.05) is 0 Å². The van der Waals surface area contributed by atoms with Crippen LogP contribution in [0.3, 0.4) is 0 Å². The van der Waals surface area contributed by atoms with E-state index in [1.807, 2.05) is 24.3 Å². The molecule has 0 radical (unpaired) electrons. The maximum Gasteiger partial charge on any atom is 0.416 e. The fourth-order valence-corrected chi connectivity index (χ4v) is 3.10. The van der Waals surface area contributed by atoms with Crippen LogP contribution in [0.15, 0.2) is 53.6 Å². The highest BCUT2D eigenvalue weighted by atomic mass is 19.4. The number of hydrazone groups is 1. The molecule has 166 valence electrons. The Morgan fingerprint density at radius 2 is 1.84 bits per heavy atom. The first kappa shape index (κ1) is 23.9. The number of hydrogen-bond acceptors (Lipinski definition) is 4. The lowest BCUT2D eigenvalue weighted by molar-refractivity contribution is -0.138. The number of unbranched alkanes of at least 4 members (excludes halogenated alkanes) is 1. The summed E-state index contributed by atoms with van der Waals surface area (Å²) >= 11 is 0. The van der Waals surface area contributed by atoms with E-state index in [9.17, 15) is 22.8 Å². The van der Waals surface area contributed by atoms with Gasteiger partial charge in [-0.3, -0.25) is 9.59 Å². The highest BCUT2D eigenvalue weighted by Crippen LogP contribution is 2.31. The van der Waals surface area contributed by atoms with Crippen LogP contribution in [-0.2, 0) is 22.2 Å². The quantitative estimate of drug-likeness (QED) is 0.227. The summed E-state index contributed by atoms with van der Waals surface area (Å²) in [5.41, 5.74) is 1.18. The van der Waals surface area contributed by atoms with Gasteiger partial charge in [0.05, 0.1) is 24.2 Å². The fourth-order valence-electron chi connectivity index (χ4n) is 3.10. The number of nitrogens with zero attached hydrogens (tertiary/aromatic N) is 1. The van der Waals surface area contributed by atoms with Crippen molar-refractivity contribution >= 4 is 18.1 Å². The highest BCUT2D eigenvalue weighted by Gasteiger charge is 2.31. The van der Waals surface area contributed by atoms with Crippen molar-refractivity contribution in [3.05, 3.63) is 70.8 Å². The number of hydrogen-bond donors (Lipinski definition) is 3. The summed E-state index contributed by atoms with van der Waals surface area (Å²) in [6.45, 7) is 0. The van der Waals surface area contributed by atoms with Crippen LogP contribution in [0.25, 0.3) is 0 Å². The molecule has 1 amide bonds. The molecule has 1 atom stereocenters. The van der Waals surface area contributed by atoms with Gasteiger partial charge in [0.1, 0.15) is 0 Å². The van der Waals surface area contributed by atoms with E-state index in [0.29, 0.717) is 6.42 Å². The zero-order valence-corrected chi connectivity index (χ0v) is 16.7. The van der Waals surface area contributed by atoms with Gasteiger partial charge in [-0.15, -0.1) is 0 Å². The molecule has 0 saturated carbocycles. The summed E-state index contributed by atoms with van der Waals surface area (Å²) in [6.07, 6.45) is -1.35. The molecule has 6 nitrogen and oxygen atoms in total. The normalized spacial score (nSPS) is 12.6. The van der Waals surface area contributed by atoms with Crippen molar-refractivity contribution in [2.24, 2.45) is 10.9 Å². The Morgan fingerprint density at radius 1 is 1.13 bits per heavy atom. The van der Waals surface area contributed by atoms with Crippen LogP contribution in [0, 0.1) is 0 Å². The summed E-state index contributed by atoms with van der Waals surface area (Å²) in [5, 5.41) is 15.1. The van der Waals surface area contributed by atoms with Gasteiger partial charge in [0.25, 0.3) is 0 Å². The molecule has 1 unspecified atom stereocenters. The molecular formula is C22H24F3N3O3. The maximum absolute atomic E-state index is 12.9. The number of amides is 1. The van der Waals surface area contributed by atoms with E-state index < -0.39 is 36.1 Å². The van der Waals surface area contributed by atoms with Gasteiger partial charge in [0.15, 0.2) is 0 Å². The molecule has 2 rings (SSSR count). The van der Waals surface area contributed by atoms with E-state index in [1.54, 1.807) is 0 Å². The first-order chi connectivity index (χ1) is 14.7. The largest absolute Gasteiger partial charge is 0.481 e. The number of carboxylic acid groups (broad SMARTS) is 1. The maximum atomic E-state index is 12.9. The number of nitrogens with one attached hydrogen (secondary N) is 1. The number of aliphatic carboxylic acids is 1. The minimum Gasteiger partial charge on any atom is -0.481 e. The van der Waals surface area contributed by atoms with Gasteiger partial charge in [0.2, 0.25) is 5.91 Å². The molecule has 0 spiro atoms. The lowest BCUT2D eigenvalue weighted by Crippen LogP contribution is -2.30. The monoisotopic (exact) mass is 435 g/mol. The third-order valence-electron chi connectivity index (χ3n) is 4.65. The first-order valence-corrected chi connectivity index (χ1v) is 9.69. The van der Waals surface area contributed by atoms with Crippen LogP contribution >= 0.6 is 0 Å². The van der Waals surface area contributed by atoms with E-state index in [-0.39, 0.29) is 12.0 Å². The SMILES string of the molecule is NN=Cc1ccc(CCCCC(=O)NC(CC(=O)O)c2cccc(C(F)(F)F)c2)cc1. The smallest absolute Gasteiger partial charge is 0.416 e. The third-order valence-corrected chi connectivity index (χ3v) is 4.65. The molecule has 0 bridgehead atoms. The summed E-state index contributed by atoms with van der Waals surface area (Å²) in [6, 6.07) is 10.9. The Labute approximate surface area is 178 Å². The predicted octanol–water partition coefficient (Wildman–Crippen LogP) is 4.04. The second-order valence-electron chi connectivity index (χ2n) is 7.07. The topological polar surface area (TPSA) is 105 Å². The minimum absolute atomic E-state index is 0.103. The number of halogens is 3. The zero-order chi connectivity index (χ0) is 22.9. The molecule has 0 fully saturated rings. The number of alkyl halides is 3. The lowest BCUT2D eigenvalue weighted by Gasteiger charge is -2.19. The van der Waals surface area contributed by atoms with Gasteiger partial charge in [-0.05, 0) is 48.1 Å². The standard InChI is InChI=1S/C22H24F3N3O3/c23-22(24,25)18-6-3-5-17(12-18)19(13-21(30)31)28-20(29)7-2-1-4-15-8-10-16(11-9-15)14-27-26/h3,5-6,8-12,14,19H,1-2,4,7,13,26H2,(H,28,29)(H,30,31). The highest BCUT2D eigenvalue weighted by molar-refractivity contribution is 5.79. The zero-order valence-electron chi connectivity index (χ0n) is 16.7. The summed E-state index contributed by atoms with van der Waals surface area (Å²) in [4.78, 5) is 23.4. The van der Waals surface area contributed by atoms with Crippen LogP contribution < -0.4 is 11.2 Å². The molecule has 2 aromatic carbocycles. The molecule has 2 aromatic rings. The third kappa shape index (κ3) is 8.12. The van der Waals surface area contributed by atoms with Gasteiger partial charge < -0.3 is 16.3 Å². The number of carbonyl (C=O) groups is 2. The Bertz CT molecular complexity index is 912. The van der Waals surface area contributed by atoms with Gasteiger partial charge in [-0.25, -0.2) is 0 Å². The van der Waals surface area contributed by atoms with Crippen molar-refractivity contribution in [3.8, 4) is 0 Å². The number of nitrogens with two attached hydrogens (primary N) is 1. The van der Waals surface area contributed by atoms with E-state index in [4.69, 9.17) is 10.9 Å². The van der Waals surface area contributed by atoms with Crippen LogP contribution in [0.5, 0.6) is 0 Å². The molecule has 0 aromatic heterocycles. The Hall–Kier alpha value is -3.36. The van der Waals surface area contributed by atoms with Crippen LogP contribution in [0.1, 0.15) is 54.0 Å². The van der Waals surface area contributed by atoms with E-state index in [0.717, 1.165) is 36.1 Å². The number of rotatable bonds is 10. The molecule has 4 N–H and O–H groups in total. The van der Waals surface area contributed by atoms with Crippen LogP contribution in [-0.4, -0.2) is 23.2 Å². The number of carbonyl (C=O) groups excluding carboxylic acids is 1. The van der Waals surface area contributed by atoms with Crippen LogP contribution in [0.4, 0.5) is 13.2 Å². The summed E-state index contributed by atoms with van der Waals surface area (Å²) in [5.74, 6) is 3.48. The van der Waals surface area contributed by atoms with Gasteiger partial charge in [-0.1, -0.05) is 36.4 Å². The van der Waals surface area contributed by atoms with Crippen molar-refractivity contribution in [1.82, 2.24) is 5.32 Å². The molecule has 0 aliphatic carbocycles. The van der Waals surface area contributed by atoms with Crippen molar-refractivity contribution in [2.45, 2.75) is 44.3 Å². The number of aryl methyl sites for hydroxylation is 1. The average molecular weight is 435 g/mol. The van der Waals surface area contributed by atoms with E-state index in [2.05, 4.69) is 10.4 Å². The molecule has 0 aliphatic rings. The number of carboxylic acids is 1. The van der Waals surface area contributed by atoms with Crippen LogP contribution in [0.2, 0.25) is 0 Å². The predicted molar refractivity (Wildman–Crippen MR) is 110 cm³/mol. The Kier molecular flexibility index (Phi) is 8.60. The summed E-state index contributed by atoms with van der Waals surface area (Å²) < 4.78 is 38.8. The Morgan fingerprint density at radius 3 is 2.45 bits per heavy atom. The second-order valence-corrected chi connectivity index (χ2v) is 7.07. The van der Waals surface area contributed by atoms with Gasteiger partial charge in [-0.2, -0.15) is 18.3 Å². The Balaban J connectivity index is 1.90. The molecule has 31 heavy (non-hydrogen) atoms. The second kappa shape index (κ2) is 11.1. The van der Waals surface area contributed by atoms with Crippen molar-refractivity contribution in [1.29, 1.82) is 0 Å². The van der Waals surface area contributed by atoms with E-state index in [1.165, 1.54) is 18.3 Å². The van der Waals surface area contributed by atoms with Crippen molar-refractivity contribution < 1.29 is 27.9 Å². The molecular weight excluding hydrogens is 411 g/mol.